The second-order valence-corrected chi connectivity index (χ2v) is 7.13. The summed E-state index contributed by atoms with van der Waals surface area (Å²) >= 11 is 0. The van der Waals surface area contributed by atoms with Crippen LogP contribution in [-0.2, 0) is 20.9 Å². The highest BCUT2D eigenvalue weighted by Gasteiger charge is 2.17. The molecule has 3 aromatic rings. The van der Waals surface area contributed by atoms with Crippen molar-refractivity contribution >= 4 is 28.4 Å². The lowest BCUT2D eigenvalue weighted by atomic mass is 10.1. The van der Waals surface area contributed by atoms with Gasteiger partial charge >= 0.3 is 5.97 Å². The van der Waals surface area contributed by atoms with Gasteiger partial charge in [-0.3, -0.25) is 9.59 Å². The number of nitrogens with zero attached hydrogens (tertiary/aromatic N) is 1. The molecule has 0 saturated carbocycles. The molecule has 0 spiro atoms. The van der Waals surface area contributed by atoms with Crippen LogP contribution in [0.1, 0.15) is 29.2 Å². The Labute approximate surface area is 174 Å². The fourth-order valence-electron chi connectivity index (χ4n) is 3.48. The van der Waals surface area contributed by atoms with E-state index in [0.717, 1.165) is 22.8 Å². The molecule has 0 aliphatic rings. The maximum absolute atomic E-state index is 12.9. The Bertz CT molecular complexity index is 1200. The number of aliphatic hydroxyl groups is 1. The number of ether oxygens (including phenoxy) is 1. The van der Waals surface area contributed by atoms with Gasteiger partial charge in [0.25, 0.3) is 5.78 Å². The Morgan fingerprint density at radius 2 is 1.77 bits per heavy atom. The number of hydrogen-bond acceptors (Lipinski definition) is 5. The van der Waals surface area contributed by atoms with Gasteiger partial charge in [-0.15, -0.1) is 0 Å². The Morgan fingerprint density at radius 3 is 2.43 bits per heavy atom. The first-order valence-corrected chi connectivity index (χ1v) is 9.61. The smallest absolute Gasteiger partial charge is 0.379 e. The number of hydrogen-bond donors (Lipinski definition) is 1. The van der Waals surface area contributed by atoms with Crippen LogP contribution >= 0.6 is 0 Å². The van der Waals surface area contributed by atoms with E-state index in [9.17, 15) is 19.5 Å². The Kier molecular flexibility index (Phi) is 6.16. The van der Waals surface area contributed by atoms with Gasteiger partial charge in [0.05, 0.1) is 17.7 Å². The number of benzene rings is 2. The molecule has 0 amide bonds. The third kappa shape index (κ3) is 4.49. The van der Waals surface area contributed by atoms with E-state index in [1.165, 1.54) is 6.20 Å². The van der Waals surface area contributed by atoms with E-state index in [1.807, 2.05) is 30.5 Å². The number of carbonyl (C=O) groups is 2. The van der Waals surface area contributed by atoms with E-state index in [-0.39, 0.29) is 12.2 Å². The number of aryl methyl sites for hydroxylation is 2. The number of carbonyl (C=O) groups excluding carboxylic acids is 2. The Morgan fingerprint density at radius 1 is 1.10 bits per heavy atom. The summed E-state index contributed by atoms with van der Waals surface area (Å²) in [5.74, 6) is -2.68. The highest BCUT2D eigenvalue weighted by atomic mass is 16.5. The number of aromatic nitrogens is 1. The predicted molar refractivity (Wildman–Crippen MR) is 115 cm³/mol. The van der Waals surface area contributed by atoms with Gasteiger partial charge in [0.2, 0.25) is 0 Å². The summed E-state index contributed by atoms with van der Waals surface area (Å²) in [6.07, 6.45) is 2.23. The zero-order valence-electron chi connectivity index (χ0n) is 17.1. The Balaban J connectivity index is 2.12. The van der Waals surface area contributed by atoms with Gasteiger partial charge in [-0.05, 0) is 38.5 Å². The molecule has 3 rings (SSSR count). The van der Waals surface area contributed by atoms with Gasteiger partial charge < -0.3 is 14.4 Å². The average molecular weight is 405 g/mol. The van der Waals surface area contributed by atoms with Crippen LogP contribution in [0.4, 0.5) is 0 Å². The highest BCUT2D eigenvalue weighted by Crippen LogP contribution is 2.18. The lowest BCUT2D eigenvalue weighted by Gasteiger charge is -2.14. The first kappa shape index (κ1) is 21.0. The van der Waals surface area contributed by atoms with Crippen molar-refractivity contribution in [3.05, 3.63) is 87.2 Å². The molecule has 1 N–H and O–H groups in total. The summed E-state index contributed by atoms with van der Waals surface area (Å²) in [4.78, 5) is 36.4. The lowest BCUT2D eigenvalue weighted by Crippen LogP contribution is -2.18. The van der Waals surface area contributed by atoms with E-state index < -0.39 is 22.9 Å². The van der Waals surface area contributed by atoms with Gasteiger partial charge in [-0.2, -0.15) is 0 Å². The molecular weight excluding hydrogens is 382 g/mol. The number of fused-ring (bicyclic) bond motifs is 1. The van der Waals surface area contributed by atoms with Gasteiger partial charge in [0.1, 0.15) is 5.76 Å². The molecule has 0 fully saturated rings. The minimum atomic E-state index is -1.08. The van der Waals surface area contributed by atoms with Crippen molar-refractivity contribution in [2.75, 3.05) is 6.61 Å². The van der Waals surface area contributed by atoms with Crippen molar-refractivity contribution in [3.63, 3.8) is 0 Å². The molecule has 0 bridgehead atoms. The maximum atomic E-state index is 12.9. The number of ketones is 1. The number of aliphatic hydroxyl groups excluding tert-OH is 1. The van der Waals surface area contributed by atoms with Crippen molar-refractivity contribution in [2.45, 2.75) is 27.3 Å². The van der Waals surface area contributed by atoms with E-state index >= 15 is 0 Å². The summed E-state index contributed by atoms with van der Waals surface area (Å²) < 4.78 is 6.48. The predicted octanol–water partition coefficient (Wildman–Crippen LogP) is 3.70. The minimum absolute atomic E-state index is 0.0395. The number of pyridine rings is 1. The second-order valence-electron chi connectivity index (χ2n) is 7.13. The van der Waals surface area contributed by atoms with Crippen LogP contribution in [0.3, 0.4) is 0 Å². The van der Waals surface area contributed by atoms with Crippen LogP contribution in [-0.4, -0.2) is 28.0 Å². The fourth-order valence-corrected chi connectivity index (χ4v) is 3.48. The lowest BCUT2D eigenvalue weighted by molar-refractivity contribution is -0.151. The molecule has 1 aromatic heterocycles. The molecule has 30 heavy (non-hydrogen) atoms. The number of rotatable bonds is 6. The summed E-state index contributed by atoms with van der Waals surface area (Å²) in [6, 6.07) is 13.2. The summed E-state index contributed by atoms with van der Waals surface area (Å²) in [5.41, 5.74) is 3.51. The molecule has 6 heteroatoms. The summed E-state index contributed by atoms with van der Waals surface area (Å²) in [6.45, 7) is 6.11. The van der Waals surface area contributed by atoms with Crippen LogP contribution < -0.4 is 5.43 Å². The summed E-state index contributed by atoms with van der Waals surface area (Å²) in [5, 5.41) is 10.9. The molecule has 0 radical (unpaired) electrons. The zero-order valence-corrected chi connectivity index (χ0v) is 17.1. The average Bonchev–Trinajstić information content (AvgIpc) is 2.69. The van der Waals surface area contributed by atoms with Gasteiger partial charge in [-0.1, -0.05) is 41.5 Å². The topological polar surface area (TPSA) is 85.6 Å². The van der Waals surface area contributed by atoms with Crippen molar-refractivity contribution in [1.82, 2.24) is 4.57 Å². The first-order valence-electron chi connectivity index (χ1n) is 9.61. The molecule has 2 aromatic carbocycles. The normalized spacial score (nSPS) is 11.5. The van der Waals surface area contributed by atoms with E-state index in [1.54, 1.807) is 19.1 Å². The van der Waals surface area contributed by atoms with Gasteiger partial charge in [-0.25, -0.2) is 4.79 Å². The van der Waals surface area contributed by atoms with E-state index in [4.69, 9.17) is 0 Å². The van der Waals surface area contributed by atoms with Crippen LogP contribution in [0.5, 0.6) is 0 Å². The summed E-state index contributed by atoms with van der Waals surface area (Å²) in [7, 11) is 0. The first-order chi connectivity index (χ1) is 14.3. The van der Waals surface area contributed by atoms with Crippen molar-refractivity contribution < 1.29 is 19.4 Å². The van der Waals surface area contributed by atoms with E-state index in [2.05, 4.69) is 22.9 Å². The monoisotopic (exact) mass is 405 g/mol. The Hall–Kier alpha value is -3.67. The van der Waals surface area contributed by atoms with Gasteiger partial charge in [0, 0.05) is 24.2 Å². The number of para-hydroxylation sites is 1. The maximum Gasteiger partial charge on any atom is 0.379 e. The molecule has 0 aliphatic carbocycles. The largest absolute Gasteiger partial charge is 0.507 e. The fraction of sp³-hybridized carbons (Fsp3) is 0.208. The van der Waals surface area contributed by atoms with Crippen molar-refractivity contribution in [3.8, 4) is 0 Å². The molecule has 0 aliphatic heterocycles. The minimum Gasteiger partial charge on any atom is -0.507 e. The van der Waals surface area contributed by atoms with Crippen LogP contribution in [0.15, 0.2) is 59.5 Å². The molecule has 0 unspecified atom stereocenters. The molecule has 154 valence electrons. The molecule has 6 nitrogen and oxygen atoms in total. The van der Waals surface area contributed by atoms with Crippen molar-refractivity contribution in [1.29, 1.82) is 0 Å². The number of esters is 1. The van der Waals surface area contributed by atoms with Crippen LogP contribution in [0.25, 0.3) is 16.7 Å². The third-order valence-corrected chi connectivity index (χ3v) is 4.64. The van der Waals surface area contributed by atoms with E-state index in [0.29, 0.717) is 17.4 Å². The molecular formula is C24H23NO5. The highest BCUT2D eigenvalue weighted by molar-refractivity contribution is 6.39. The van der Waals surface area contributed by atoms with Crippen LogP contribution in [0, 0.1) is 13.8 Å². The van der Waals surface area contributed by atoms with Gasteiger partial charge in [0.15, 0.2) is 5.43 Å². The zero-order chi connectivity index (χ0) is 21.8. The second kappa shape index (κ2) is 8.78. The SMILES string of the molecule is CCOC(=O)C(=O)C=C(O)c1cn(Cc2cc(C)cc(C)c2)c2ccccc2c1=O. The molecule has 1 heterocycles. The quantitative estimate of drug-likeness (QED) is 0.293. The molecule has 0 atom stereocenters. The van der Waals surface area contributed by atoms with Crippen molar-refractivity contribution in [2.24, 2.45) is 0 Å². The molecule has 0 saturated heterocycles. The third-order valence-electron chi connectivity index (χ3n) is 4.64. The standard InChI is InChI=1S/C24H23NO5/c1-4-30-24(29)22(27)12-21(26)19-14-25(13-17-10-15(2)9-16(3)11-17)20-8-6-5-7-18(20)23(19)28/h5-12,14,26H,4,13H2,1-3H3. The van der Waals surface area contributed by atoms with Crippen LogP contribution in [0.2, 0.25) is 0 Å².